The Morgan fingerprint density at radius 2 is 2.07 bits per heavy atom. The van der Waals surface area contributed by atoms with E-state index in [2.05, 4.69) is 15.4 Å². The Balaban J connectivity index is 1.42. The fraction of sp³-hybridized carbons (Fsp3) is 0.350. The number of aromatic amines is 1. The van der Waals surface area contributed by atoms with Gasteiger partial charge in [-0.05, 0) is 37.1 Å². The highest BCUT2D eigenvalue weighted by Gasteiger charge is 2.34. The van der Waals surface area contributed by atoms with Crippen LogP contribution in [0.4, 0.5) is 0 Å². The van der Waals surface area contributed by atoms with Crippen LogP contribution < -0.4 is 10.9 Å². The van der Waals surface area contributed by atoms with Gasteiger partial charge in [0.25, 0.3) is 11.5 Å². The standard InChI is InChI=1S/C20H20N4O3/c25-19-7-6-15(12-4-5-12)23-24(19)18-11-27-10-17(18)22-20(26)14-2-1-3-16-13(14)8-9-21-16/h1-3,6-9,12,17-18,21H,4-5,10-11H2,(H,22,26). The summed E-state index contributed by atoms with van der Waals surface area (Å²) in [6.45, 7) is 0.724. The number of hydrogen-bond donors (Lipinski definition) is 2. The number of ether oxygens (including phenoxy) is 1. The highest BCUT2D eigenvalue weighted by Crippen LogP contribution is 2.38. The number of aromatic nitrogens is 3. The molecule has 1 aliphatic heterocycles. The van der Waals surface area contributed by atoms with E-state index in [9.17, 15) is 9.59 Å². The van der Waals surface area contributed by atoms with Crippen LogP contribution in [-0.2, 0) is 4.74 Å². The average molecular weight is 364 g/mol. The van der Waals surface area contributed by atoms with Crippen molar-refractivity contribution in [1.82, 2.24) is 20.1 Å². The number of nitrogens with zero attached hydrogens (tertiary/aromatic N) is 2. The maximum Gasteiger partial charge on any atom is 0.267 e. The zero-order valence-electron chi connectivity index (χ0n) is 14.7. The van der Waals surface area contributed by atoms with E-state index in [0.29, 0.717) is 24.7 Å². The quantitative estimate of drug-likeness (QED) is 0.741. The second-order valence-corrected chi connectivity index (χ2v) is 7.24. The molecular formula is C20H20N4O3. The summed E-state index contributed by atoms with van der Waals surface area (Å²) in [5.74, 6) is 0.283. The number of rotatable bonds is 4. The molecule has 3 heterocycles. The third-order valence-corrected chi connectivity index (χ3v) is 5.36. The van der Waals surface area contributed by atoms with Crippen molar-refractivity contribution in [3.8, 4) is 0 Å². The molecule has 2 aliphatic rings. The van der Waals surface area contributed by atoms with Crippen molar-refractivity contribution >= 4 is 16.8 Å². The number of H-pyrrole nitrogens is 1. The lowest BCUT2D eigenvalue weighted by atomic mass is 10.1. The van der Waals surface area contributed by atoms with Crippen LogP contribution in [0.2, 0.25) is 0 Å². The summed E-state index contributed by atoms with van der Waals surface area (Å²) in [5.41, 5.74) is 2.30. The lowest BCUT2D eigenvalue weighted by Gasteiger charge is -2.21. The molecule has 1 amide bonds. The second-order valence-electron chi connectivity index (χ2n) is 7.24. The minimum Gasteiger partial charge on any atom is -0.377 e. The zero-order chi connectivity index (χ0) is 18.4. The Hall–Kier alpha value is -2.93. The van der Waals surface area contributed by atoms with Crippen LogP contribution in [0, 0.1) is 0 Å². The van der Waals surface area contributed by atoms with Gasteiger partial charge in [0, 0.05) is 34.6 Å². The molecule has 1 aromatic carbocycles. The van der Waals surface area contributed by atoms with Gasteiger partial charge in [-0.15, -0.1) is 0 Å². The van der Waals surface area contributed by atoms with Crippen LogP contribution in [0.15, 0.2) is 47.4 Å². The molecule has 0 radical (unpaired) electrons. The number of hydrogen-bond acceptors (Lipinski definition) is 4. The maximum absolute atomic E-state index is 12.9. The summed E-state index contributed by atoms with van der Waals surface area (Å²) in [4.78, 5) is 28.4. The molecule has 5 rings (SSSR count). The molecule has 2 aromatic heterocycles. The van der Waals surface area contributed by atoms with Crippen LogP contribution in [0.5, 0.6) is 0 Å². The first kappa shape index (κ1) is 16.3. The van der Waals surface area contributed by atoms with Crippen molar-refractivity contribution in [3.63, 3.8) is 0 Å². The number of carbonyl (C=O) groups excluding carboxylic acids is 1. The van der Waals surface area contributed by atoms with E-state index in [1.807, 2.05) is 30.5 Å². The van der Waals surface area contributed by atoms with Crippen LogP contribution in [0.25, 0.3) is 10.9 Å². The summed E-state index contributed by atoms with van der Waals surface area (Å²) < 4.78 is 7.07. The fourth-order valence-corrected chi connectivity index (χ4v) is 3.73. The summed E-state index contributed by atoms with van der Waals surface area (Å²) in [5, 5.41) is 8.47. The third kappa shape index (κ3) is 2.94. The number of fused-ring (bicyclic) bond motifs is 1. The molecule has 3 aromatic rings. The topological polar surface area (TPSA) is 89.0 Å². The summed E-state index contributed by atoms with van der Waals surface area (Å²) in [6.07, 6.45) is 4.05. The van der Waals surface area contributed by atoms with E-state index in [1.54, 1.807) is 12.1 Å². The molecule has 2 N–H and O–H groups in total. The molecule has 2 fully saturated rings. The smallest absolute Gasteiger partial charge is 0.267 e. The number of benzene rings is 1. The van der Waals surface area contributed by atoms with Gasteiger partial charge in [-0.2, -0.15) is 5.10 Å². The van der Waals surface area contributed by atoms with Crippen LogP contribution >= 0.6 is 0 Å². The van der Waals surface area contributed by atoms with Gasteiger partial charge >= 0.3 is 0 Å². The van der Waals surface area contributed by atoms with Crippen molar-refractivity contribution in [2.45, 2.75) is 30.8 Å². The van der Waals surface area contributed by atoms with Crippen LogP contribution in [0.3, 0.4) is 0 Å². The summed E-state index contributed by atoms with van der Waals surface area (Å²) in [6, 6.07) is 10.2. The van der Waals surface area contributed by atoms with Gasteiger partial charge in [-0.3, -0.25) is 9.59 Å². The second kappa shape index (κ2) is 6.35. The Morgan fingerprint density at radius 3 is 2.93 bits per heavy atom. The van der Waals surface area contributed by atoms with Crippen molar-refractivity contribution in [1.29, 1.82) is 0 Å². The van der Waals surface area contributed by atoms with E-state index >= 15 is 0 Å². The minimum atomic E-state index is -0.300. The van der Waals surface area contributed by atoms with Crippen molar-refractivity contribution in [2.75, 3.05) is 13.2 Å². The van der Waals surface area contributed by atoms with Crippen molar-refractivity contribution < 1.29 is 9.53 Å². The highest BCUT2D eigenvalue weighted by molar-refractivity contribution is 6.06. The highest BCUT2D eigenvalue weighted by atomic mass is 16.5. The average Bonchev–Trinajstić information content (AvgIpc) is 3.23. The van der Waals surface area contributed by atoms with Gasteiger partial charge in [-0.25, -0.2) is 4.68 Å². The van der Waals surface area contributed by atoms with E-state index in [-0.39, 0.29) is 23.6 Å². The molecule has 7 heteroatoms. The first-order chi connectivity index (χ1) is 13.2. The molecule has 27 heavy (non-hydrogen) atoms. The summed E-state index contributed by atoms with van der Waals surface area (Å²) >= 11 is 0. The van der Waals surface area contributed by atoms with Gasteiger partial charge < -0.3 is 15.0 Å². The molecule has 2 unspecified atom stereocenters. The molecule has 1 aliphatic carbocycles. The molecule has 2 atom stereocenters. The Kier molecular flexibility index (Phi) is 3.82. The largest absolute Gasteiger partial charge is 0.377 e. The Morgan fingerprint density at radius 1 is 1.19 bits per heavy atom. The lowest BCUT2D eigenvalue weighted by Crippen LogP contribution is -2.44. The molecular weight excluding hydrogens is 344 g/mol. The fourth-order valence-electron chi connectivity index (χ4n) is 3.73. The van der Waals surface area contributed by atoms with E-state index < -0.39 is 0 Å². The lowest BCUT2D eigenvalue weighted by molar-refractivity contribution is 0.0926. The molecule has 0 spiro atoms. The number of carbonyl (C=O) groups is 1. The van der Waals surface area contributed by atoms with Gasteiger partial charge in [0.2, 0.25) is 0 Å². The van der Waals surface area contributed by atoms with E-state index in [0.717, 1.165) is 29.4 Å². The molecule has 1 saturated heterocycles. The first-order valence-electron chi connectivity index (χ1n) is 9.25. The number of amides is 1. The third-order valence-electron chi connectivity index (χ3n) is 5.36. The van der Waals surface area contributed by atoms with Crippen LogP contribution in [-0.4, -0.2) is 39.9 Å². The number of nitrogens with one attached hydrogen (secondary N) is 2. The monoisotopic (exact) mass is 364 g/mol. The SMILES string of the molecule is O=C(NC1COCC1n1nc(C2CC2)ccc1=O)c1cccc2[nH]ccc12. The molecule has 1 saturated carbocycles. The normalized spacial score (nSPS) is 22.2. The predicted molar refractivity (Wildman–Crippen MR) is 99.9 cm³/mol. The Bertz CT molecular complexity index is 1070. The predicted octanol–water partition coefficient (Wildman–Crippen LogP) is 1.97. The van der Waals surface area contributed by atoms with Gasteiger partial charge in [0.05, 0.1) is 24.9 Å². The zero-order valence-corrected chi connectivity index (χ0v) is 14.7. The van der Waals surface area contributed by atoms with Crippen molar-refractivity contribution in [3.05, 3.63) is 64.2 Å². The Labute approximate surface area is 155 Å². The van der Waals surface area contributed by atoms with Gasteiger partial charge in [0.1, 0.15) is 6.04 Å². The van der Waals surface area contributed by atoms with Gasteiger partial charge in [0.15, 0.2) is 0 Å². The molecule has 138 valence electrons. The summed E-state index contributed by atoms with van der Waals surface area (Å²) in [7, 11) is 0. The molecule has 7 nitrogen and oxygen atoms in total. The first-order valence-corrected chi connectivity index (χ1v) is 9.25. The maximum atomic E-state index is 12.9. The molecule has 0 bridgehead atoms. The van der Waals surface area contributed by atoms with Gasteiger partial charge in [-0.1, -0.05) is 6.07 Å². The van der Waals surface area contributed by atoms with E-state index in [4.69, 9.17) is 4.74 Å². The van der Waals surface area contributed by atoms with Crippen molar-refractivity contribution in [2.24, 2.45) is 0 Å². The van der Waals surface area contributed by atoms with E-state index in [1.165, 1.54) is 4.68 Å². The van der Waals surface area contributed by atoms with Crippen LogP contribution in [0.1, 0.15) is 40.9 Å². The minimum absolute atomic E-state index is 0.165.